The van der Waals surface area contributed by atoms with E-state index < -0.39 is 5.97 Å². The average molecular weight is 171 g/mol. The largest absolute Gasteiger partial charge is 0.481 e. The molecule has 0 spiro atoms. The first kappa shape index (κ1) is 8.01. The monoisotopic (exact) mass is 171 g/mol. The zero-order valence-electron chi connectivity index (χ0n) is 6.82. The fourth-order valence-electron chi connectivity index (χ4n) is 1.98. The third-order valence-electron chi connectivity index (χ3n) is 2.57. The normalized spacial score (nSPS) is 40.8. The Morgan fingerprint density at radius 3 is 2.42 bits per heavy atom. The summed E-state index contributed by atoms with van der Waals surface area (Å²) in [4.78, 5) is 10.7. The standard InChI is InChI=1S/C8H13NO3/c10-8(11)5-1-6-3-9-4-7(2-5)12-6/h5-7,9H,1-4H2,(H,10,11). The van der Waals surface area contributed by atoms with Crippen LogP contribution in [0.4, 0.5) is 0 Å². The first-order valence-corrected chi connectivity index (χ1v) is 4.34. The van der Waals surface area contributed by atoms with Crippen LogP contribution in [0.2, 0.25) is 0 Å². The first-order chi connectivity index (χ1) is 5.75. The van der Waals surface area contributed by atoms with Gasteiger partial charge >= 0.3 is 5.97 Å². The molecule has 2 aliphatic rings. The quantitative estimate of drug-likeness (QED) is 0.575. The van der Waals surface area contributed by atoms with Crippen LogP contribution in [0.25, 0.3) is 0 Å². The van der Waals surface area contributed by atoms with Crippen LogP contribution >= 0.6 is 0 Å². The van der Waals surface area contributed by atoms with Gasteiger partial charge in [-0.2, -0.15) is 0 Å². The minimum Gasteiger partial charge on any atom is -0.481 e. The number of aliphatic carboxylic acids is 1. The molecule has 0 amide bonds. The summed E-state index contributed by atoms with van der Waals surface area (Å²) in [7, 11) is 0. The smallest absolute Gasteiger partial charge is 0.306 e. The lowest BCUT2D eigenvalue weighted by Gasteiger charge is -2.38. The Bertz CT molecular complexity index is 183. The molecule has 12 heavy (non-hydrogen) atoms. The molecule has 2 heterocycles. The van der Waals surface area contributed by atoms with Gasteiger partial charge in [0, 0.05) is 13.1 Å². The van der Waals surface area contributed by atoms with Gasteiger partial charge in [-0.15, -0.1) is 0 Å². The van der Waals surface area contributed by atoms with Gasteiger partial charge in [0.05, 0.1) is 18.1 Å². The van der Waals surface area contributed by atoms with E-state index in [0.29, 0.717) is 12.8 Å². The molecule has 4 nitrogen and oxygen atoms in total. The summed E-state index contributed by atoms with van der Waals surface area (Å²) in [5, 5.41) is 12.0. The molecular formula is C8H13NO3. The number of hydrogen-bond acceptors (Lipinski definition) is 3. The minimum atomic E-state index is -0.671. The SMILES string of the molecule is O=C(O)C1CC2CNCC(C1)O2. The van der Waals surface area contributed by atoms with Crippen molar-refractivity contribution >= 4 is 5.97 Å². The van der Waals surface area contributed by atoms with E-state index in [9.17, 15) is 4.79 Å². The van der Waals surface area contributed by atoms with Crippen LogP contribution in [0.3, 0.4) is 0 Å². The van der Waals surface area contributed by atoms with Gasteiger partial charge < -0.3 is 15.2 Å². The van der Waals surface area contributed by atoms with E-state index in [0.717, 1.165) is 13.1 Å². The van der Waals surface area contributed by atoms with E-state index >= 15 is 0 Å². The van der Waals surface area contributed by atoms with Crippen molar-refractivity contribution in [2.24, 2.45) is 5.92 Å². The van der Waals surface area contributed by atoms with Crippen LogP contribution in [0.15, 0.2) is 0 Å². The summed E-state index contributed by atoms with van der Waals surface area (Å²) in [6.45, 7) is 1.61. The van der Waals surface area contributed by atoms with Gasteiger partial charge in [-0.3, -0.25) is 4.79 Å². The number of rotatable bonds is 1. The summed E-state index contributed by atoms with van der Waals surface area (Å²) in [6.07, 6.45) is 1.58. The van der Waals surface area contributed by atoms with Crippen molar-refractivity contribution in [1.29, 1.82) is 0 Å². The Kier molecular flexibility index (Phi) is 2.02. The lowest BCUT2D eigenvalue weighted by Crippen LogP contribution is -2.50. The van der Waals surface area contributed by atoms with Gasteiger partial charge in [-0.25, -0.2) is 0 Å². The molecule has 4 heteroatoms. The highest BCUT2D eigenvalue weighted by Crippen LogP contribution is 2.26. The molecule has 2 aliphatic heterocycles. The van der Waals surface area contributed by atoms with Gasteiger partial charge in [0.1, 0.15) is 0 Å². The lowest BCUT2D eigenvalue weighted by atomic mass is 9.90. The van der Waals surface area contributed by atoms with Crippen LogP contribution in [-0.4, -0.2) is 36.4 Å². The van der Waals surface area contributed by atoms with Crippen molar-refractivity contribution in [3.63, 3.8) is 0 Å². The second kappa shape index (κ2) is 3.03. The van der Waals surface area contributed by atoms with Gasteiger partial charge in [0.25, 0.3) is 0 Å². The molecule has 2 unspecified atom stereocenters. The number of carboxylic acid groups (broad SMARTS) is 1. The zero-order valence-corrected chi connectivity index (χ0v) is 6.82. The fraction of sp³-hybridized carbons (Fsp3) is 0.875. The molecule has 68 valence electrons. The fourth-order valence-corrected chi connectivity index (χ4v) is 1.98. The van der Waals surface area contributed by atoms with E-state index in [2.05, 4.69) is 5.32 Å². The van der Waals surface area contributed by atoms with E-state index in [-0.39, 0.29) is 18.1 Å². The molecule has 2 rings (SSSR count). The molecule has 0 radical (unpaired) electrons. The number of fused-ring (bicyclic) bond motifs is 2. The molecule has 0 aromatic carbocycles. The first-order valence-electron chi connectivity index (χ1n) is 4.34. The molecule has 0 saturated carbocycles. The van der Waals surface area contributed by atoms with Crippen molar-refractivity contribution in [1.82, 2.24) is 5.32 Å². The van der Waals surface area contributed by atoms with Gasteiger partial charge in [0.15, 0.2) is 0 Å². The summed E-state index contributed by atoms with van der Waals surface area (Å²) in [6, 6.07) is 0. The lowest BCUT2D eigenvalue weighted by molar-refractivity contribution is -0.153. The van der Waals surface area contributed by atoms with Crippen LogP contribution in [0.1, 0.15) is 12.8 Å². The van der Waals surface area contributed by atoms with Crippen LogP contribution in [0.5, 0.6) is 0 Å². The highest BCUT2D eigenvalue weighted by molar-refractivity contribution is 5.70. The van der Waals surface area contributed by atoms with Crippen molar-refractivity contribution in [3.05, 3.63) is 0 Å². The third-order valence-corrected chi connectivity index (χ3v) is 2.57. The molecule has 2 fully saturated rings. The van der Waals surface area contributed by atoms with Gasteiger partial charge in [0.2, 0.25) is 0 Å². The van der Waals surface area contributed by atoms with E-state index in [4.69, 9.17) is 9.84 Å². The summed E-state index contributed by atoms with van der Waals surface area (Å²) in [5.41, 5.74) is 0. The number of carbonyl (C=O) groups is 1. The molecule has 0 aromatic heterocycles. The molecular weight excluding hydrogens is 158 g/mol. The van der Waals surface area contributed by atoms with Crippen LogP contribution in [-0.2, 0) is 9.53 Å². The number of nitrogens with one attached hydrogen (secondary N) is 1. The summed E-state index contributed by atoms with van der Waals surface area (Å²) < 4.78 is 5.58. The summed E-state index contributed by atoms with van der Waals surface area (Å²) in [5.74, 6) is -0.856. The highest BCUT2D eigenvalue weighted by atomic mass is 16.5. The molecule has 2 atom stereocenters. The Hall–Kier alpha value is -0.610. The van der Waals surface area contributed by atoms with E-state index in [1.165, 1.54) is 0 Å². The minimum absolute atomic E-state index is 0.124. The van der Waals surface area contributed by atoms with Crippen LogP contribution in [0, 0.1) is 5.92 Å². The molecule has 2 saturated heterocycles. The predicted octanol–water partition coefficient (Wildman–Crippen LogP) is -0.162. The van der Waals surface area contributed by atoms with Gasteiger partial charge in [-0.1, -0.05) is 0 Å². The van der Waals surface area contributed by atoms with E-state index in [1.807, 2.05) is 0 Å². The zero-order chi connectivity index (χ0) is 8.55. The number of carboxylic acids is 1. The average Bonchev–Trinajstić information content (AvgIpc) is 2.03. The molecule has 0 aliphatic carbocycles. The maximum Gasteiger partial charge on any atom is 0.306 e. The number of morpholine rings is 1. The van der Waals surface area contributed by atoms with Gasteiger partial charge in [-0.05, 0) is 12.8 Å². The maximum atomic E-state index is 10.7. The third kappa shape index (κ3) is 1.44. The topological polar surface area (TPSA) is 58.6 Å². The second-order valence-electron chi connectivity index (χ2n) is 3.54. The predicted molar refractivity (Wildman–Crippen MR) is 41.9 cm³/mol. The maximum absolute atomic E-state index is 10.7. The Labute approximate surface area is 70.9 Å². The Morgan fingerprint density at radius 1 is 1.33 bits per heavy atom. The highest BCUT2D eigenvalue weighted by Gasteiger charge is 2.35. The second-order valence-corrected chi connectivity index (χ2v) is 3.54. The number of ether oxygens (including phenoxy) is 1. The van der Waals surface area contributed by atoms with E-state index in [1.54, 1.807) is 0 Å². The van der Waals surface area contributed by atoms with Crippen molar-refractivity contribution in [3.8, 4) is 0 Å². The molecule has 2 bridgehead atoms. The molecule has 2 N–H and O–H groups in total. The Balaban J connectivity index is 2.00. The van der Waals surface area contributed by atoms with Crippen molar-refractivity contribution in [2.75, 3.05) is 13.1 Å². The van der Waals surface area contributed by atoms with Crippen molar-refractivity contribution in [2.45, 2.75) is 25.0 Å². The Morgan fingerprint density at radius 2 is 1.92 bits per heavy atom. The molecule has 0 aromatic rings. The van der Waals surface area contributed by atoms with Crippen LogP contribution < -0.4 is 5.32 Å². The summed E-state index contributed by atoms with van der Waals surface area (Å²) >= 11 is 0. The van der Waals surface area contributed by atoms with Crippen molar-refractivity contribution < 1.29 is 14.6 Å². The number of hydrogen-bond donors (Lipinski definition) is 2.